The average Bonchev–Trinajstić information content (AvgIpc) is 3.54. The Morgan fingerprint density at radius 3 is 2.91 bits per heavy atom. The number of hydrogen-bond acceptors (Lipinski definition) is 9. The molecule has 4 aromatic rings. The third kappa shape index (κ3) is 3.96. The van der Waals surface area contributed by atoms with Crippen LogP contribution in [0.2, 0.25) is 0 Å². The van der Waals surface area contributed by atoms with E-state index in [1.807, 2.05) is 18.2 Å². The second kappa shape index (κ2) is 9.05. The lowest BCUT2D eigenvalue weighted by molar-refractivity contribution is 0.174. The Kier molecular flexibility index (Phi) is 5.82. The van der Waals surface area contributed by atoms with E-state index in [0.717, 1.165) is 59.4 Å². The lowest BCUT2D eigenvalue weighted by Crippen LogP contribution is -2.14. The van der Waals surface area contributed by atoms with E-state index in [2.05, 4.69) is 37.0 Å². The lowest BCUT2D eigenvalue weighted by atomic mass is 10.1. The number of hydrogen-bond donors (Lipinski definition) is 3. The molecule has 4 heterocycles. The number of H-pyrrole nitrogens is 1. The first kappa shape index (κ1) is 20.6. The van der Waals surface area contributed by atoms with Crippen molar-refractivity contribution in [3.63, 3.8) is 0 Å². The molecule has 0 saturated heterocycles. The van der Waals surface area contributed by atoms with Crippen LogP contribution in [-0.2, 0) is 6.54 Å². The highest BCUT2D eigenvalue weighted by Gasteiger charge is 2.22. The number of nitrogens with zero attached hydrogens (tertiary/aromatic N) is 5. The molecule has 0 unspecified atom stereocenters. The number of nitrogens with one attached hydrogen (secondary N) is 2. The largest absolute Gasteiger partial charge is 0.454 e. The van der Waals surface area contributed by atoms with E-state index in [9.17, 15) is 0 Å². The quantitative estimate of drug-likeness (QED) is 0.328. The highest BCUT2D eigenvalue weighted by molar-refractivity contribution is 7.99. The Balaban J connectivity index is 1.53. The molecule has 0 radical (unpaired) electrons. The maximum atomic E-state index is 6.11. The van der Waals surface area contributed by atoms with Crippen molar-refractivity contribution in [2.45, 2.75) is 36.4 Å². The summed E-state index contributed by atoms with van der Waals surface area (Å²) in [7, 11) is 0. The van der Waals surface area contributed by atoms with Crippen molar-refractivity contribution in [3.05, 3.63) is 30.7 Å². The summed E-state index contributed by atoms with van der Waals surface area (Å²) in [4.78, 5) is 14.4. The van der Waals surface area contributed by atoms with Crippen LogP contribution in [0.15, 0.2) is 40.8 Å². The van der Waals surface area contributed by atoms with E-state index in [1.165, 1.54) is 18.1 Å². The van der Waals surface area contributed by atoms with Gasteiger partial charge in [0.2, 0.25) is 6.79 Å². The molecule has 1 aliphatic rings. The minimum atomic E-state index is 0.211. The standard InChI is InChI=1S/C21H24N8O2S/c1-2-23-6-3-4-8-29-20-18(19(22)24-11-25-20)27-21(29)32-17-10-16-15(30-12-31-16)9-13(17)14-5-7-26-28-14/h5,7,9-11,23H,2-4,6,8,12H2,1H3,(H,26,28)(H2,22,24,25). The van der Waals surface area contributed by atoms with E-state index in [0.29, 0.717) is 22.8 Å². The number of rotatable bonds is 9. The SMILES string of the molecule is CCNCCCCn1c(Sc2cc3c(cc2-c2ccn[nH]2)OCO3)nc2c(N)ncnc21. The highest BCUT2D eigenvalue weighted by Crippen LogP contribution is 2.44. The fourth-order valence-corrected chi connectivity index (χ4v) is 4.70. The number of aromatic amines is 1. The summed E-state index contributed by atoms with van der Waals surface area (Å²) in [6.45, 7) is 5.06. The molecule has 1 aliphatic heterocycles. The lowest BCUT2D eigenvalue weighted by Gasteiger charge is -2.11. The summed E-state index contributed by atoms with van der Waals surface area (Å²) < 4.78 is 13.3. The van der Waals surface area contributed by atoms with E-state index in [-0.39, 0.29) is 6.79 Å². The van der Waals surface area contributed by atoms with Crippen LogP contribution < -0.4 is 20.5 Å². The predicted molar refractivity (Wildman–Crippen MR) is 122 cm³/mol. The van der Waals surface area contributed by atoms with Crippen molar-refractivity contribution < 1.29 is 9.47 Å². The number of fused-ring (bicyclic) bond motifs is 2. The maximum Gasteiger partial charge on any atom is 0.231 e. The van der Waals surface area contributed by atoms with E-state index < -0.39 is 0 Å². The zero-order chi connectivity index (χ0) is 21.9. The minimum Gasteiger partial charge on any atom is -0.454 e. The van der Waals surface area contributed by atoms with Crippen LogP contribution in [0, 0.1) is 0 Å². The Hall–Kier alpha value is -3.31. The molecule has 5 rings (SSSR count). The number of aryl methyl sites for hydroxylation is 1. The monoisotopic (exact) mass is 452 g/mol. The molecule has 1 aromatic carbocycles. The molecule has 0 spiro atoms. The van der Waals surface area contributed by atoms with Crippen LogP contribution in [-0.4, -0.2) is 49.6 Å². The Bertz CT molecular complexity index is 1220. The first-order chi connectivity index (χ1) is 15.7. The molecule has 11 heteroatoms. The van der Waals surface area contributed by atoms with Gasteiger partial charge < -0.3 is 25.1 Å². The Morgan fingerprint density at radius 2 is 2.09 bits per heavy atom. The molecule has 4 N–H and O–H groups in total. The van der Waals surface area contributed by atoms with Crippen molar-refractivity contribution in [3.8, 4) is 22.8 Å². The first-order valence-corrected chi connectivity index (χ1v) is 11.3. The molecule has 3 aromatic heterocycles. The van der Waals surface area contributed by atoms with Crippen LogP contribution in [0.1, 0.15) is 19.8 Å². The van der Waals surface area contributed by atoms with Gasteiger partial charge in [-0.1, -0.05) is 18.7 Å². The van der Waals surface area contributed by atoms with Gasteiger partial charge in [0.15, 0.2) is 33.6 Å². The third-order valence-corrected chi connectivity index (χ3v) is 6.28. The van der Waals surface area contributed by atoms with Gasteiger partial charge in [-0.25, -0.2) is 15.0 Å². The van der Waals surface area contributed by atoms with E-state index in [4.69, 9.17) is 20.2 Å². The highest BCUT2D eigenvalue weighted by atomic mass is 32.2. The number of unbranched alkanes of at least 4 members (excludes halogenated alkanes) is 1. The molecule has 166 valence electrons. The maximum absolute atomic E-state index is 6.11. The van der Waals surface area contributed by atoms with E-state index >= 15 is 0 Å². The summed E-state index contributed by atoms with van der Waals surface area (Å²) in [6, 6.07) is 5.87. The third-order valence-electron chi connectivity index (χ3n) is 5.23. The molecule has 10 nitrogen and oxygen atoms in total. The molecular weight excluding hydrogens is 428 g/mol. The van der Waals surface area contributed by atoms with Gasteiger partial charge in [-0.15, -0.1) is 0 Å². The molecule has 0 atom stereocenters. The fraction of sp³-hybridized carbons (Fsp3) is 0.333. The van der Waals surface area contributed by atoms with Gasteiger partial charge >= 0.3 is 0 Å². The Labute approximate surface area is 188 Å². The van der Waals surface area contributed by atoms with E-state index in [1.54, 1.807) is 6.20 Å². The number of aromatic nitrogens is 6. The number of imidazole rings is 1. The molecule has 0 aliphatic carbocycles. The van der Waals surface area contributed by atoms with Gasteiger partial charge in [0.1, 0.15) is 6.33 Å². The normalized spacial score (nSPS) is 12.7. The number of nitrogen functional groups attached to an aromatic ring is 1. The van der Waals surface area contributed by atoms with Crippen LogP contribution in [0.5, 0.6) is 11.5 Å². The van der Waals surface area contributed by atoms with Gasteiger partial charge in [-0.2, -0.15) is 5.10 Å². The van der Waals surface area contributed by atoms with Gasteiger partial charge in [-0.3, -0.25) is 5.10 Å². The molecule has 0 amide bonds. The van der Waals surface area contributed by atoms with Crippen molar-refractivity contribution in [1.29, 1.82) is 0 Å². The zero-order valence-corrected chi connectivity index (χ0v) is 18.5. The minimum absolute atomic E-state index is 0.211. The fourth-order valence-electron chi connectivity index (χ4n) is 3.63. The van der Waals surface area contributed by atoms with Gasteiger partial charge in [-0.05, 0) is 44.1 Å². The molecule has 32 heavy (non-hydrogen) atoms. The van der Waals surface area contributed by atoms with Crippen LogP contribution in [0.4, 0.5) is 5.82 Å². The van der Waals surface area contributed by atoms with Gasteiger partial charge in [0, 0.05) is 23.2 Å². The summed E-state index contributed by atoms with van der Waals surface area (Å²) >= 11 is 1.54. The first-order valence-electron chi connectivity index (χ1n) is 10.5. The van der Waals surface area contributed by atoms with Crippen molar-refractivity contribution in [2.24, 2.45) is 0 Å². The summed E-state index contributed by atoms with van der Waals surface area (Å²) in [5.41, 5.74) is 9.32. The second-order valence-corrected chi connectivity index (χ2v) is 8.32. The van der Waals surface area contributed by atoms with Crippen LogP contribution in [0.3, 0.4) is 0 Å². The molecular formula is C21H24N8O2S. The predicted octanol–water partition coefficient (Wildman–Crippen LogP) is 3.07. The van der Waals surface area contributed by atoms with Crippen LogP contribution >= 0.6 is 11.8 Å². The topological polar surface area (TPSA) is 129 Å². The van der Waals surface area contributed by atoms with Gasteiger partial charge in [0.05, 0.1) is 5.69 Å². The van der Waals surface area contributed by atoms with Crippen molar-refractivity contribution >= 4 is 28.7 Å². The van der Waals surface area contributed by atoms with Crippen LogP contribution in [0.25, 0.3) is 22.4 Å². The molecule has 0 saturated carbocycles. The number of nitrogens with two attached hydrogens (primary N) is 1. The number of benzene rings is 1. The van der Waals surface area contributed by atoms with Gasteiger partial charge in [0.25, 0.3) is 0 Å². The van der Waals surface area contributed by atoms with Crippen molar-refractivity contribution in [2.75, 3.05) is 25.6 Å². The summed E-state index contributed by atoms with van der Waals surface area (Å²) in [6.07, 6.45) is 5.26. The number of anilines is 1. The Morgan fingerprint density at radius 1 is 1.22 bits per heavy atom. The second-order valence-electron chi connectivity index (χ2n) is 7.31. The zero-order valence-electron chi connectivity index (χ0n) is 17.7. The average molecular weight is 453 g/mol. The summed E-state index contributed by atoms with van der Waals surface area (Å²) in [5.74, 6) is 1.80. The van der Waals surface area contributed by atoms with Crippen molar-refractivity contribution in [1.82, 2.24) is 35.0 Å². The number of ether oxygens (including phenoxy) is 2. The summed E-state index contributed by atoms with van der Waals surface area (Å²) in [5, 5.41) is 11.3. The molecule has 0 fully saturated rings. The molecule has 0 bridgehead atoms. The smallest absolute Gasteiger partial charge is 0.231 e.